The molecule has 0 bridgehead atoms. The van der Waals surface area contributed by atoms with Crippen LogP contribution >= 0.6 is 23.2 Å². The maximum Gasteiger partial charge on any atom is 0.255 e. The lowest BCUT2D eigenvalue weighted by atomic mass is 10.2. The summed E-state index contributed by atoms with van der Waals surface area (Å²) in [4.78, 5) is 20.3. The first kappa shape index (κ1) is 18.2. The second-order valence-corrected chi connectivity index (χ2v) is 5.72. The van der Waals surface area contributed by atoms with Gasteiger partial charge in [-0.15, -0.1) is 0 Å². The lowest BCUT2D eigenvalue weighted by Crippen LogP contribution is -2.36. The maximum absolute atomic E-state index is 12.6. The molecule has 7 heteroatoms. The first-order valence-electron chi connectivity index (χ1n) is 6.69. The Kier molecular flexibility index (Phi) is 7.96. The summed E-state index contributed by atoms with van der Waals surface area (Å²) in [5.41, 5.74) is 0.373. The highest BCUT2D eigenvalue weighted by atomic mass is 35.5. The number of amides is 1. The molecule has 0 aliphatic carbocycles. The van der Waals surface area contributed by atoms with Gasteiger partial charge in [0.25, 0.3) is 5.91 Å². The molecule has 1 amide bonds. The number of hydrogen-bond donors (Lipinski definition) is 0. The summed E-state index contributed by atoms with van der Waals surface area (Å²) in [6.45, 7) is 2.53. The number of carbonyl (C=O) groups is 1. The van der Waals surface area contributed by atoms with Gasteiger partial charge in [0.1, 0.15) is 5.15 Å². The Balaban J connectivity index is 2.80. The molecule has 0 unspecified atom stereocenters. The Morgan fingerprint density at radius 2 is 2.00 bits per heavy atom. The van der Waals surface area contributed by atoms with E-state index in [4.69, 9.17) is 27.9 Å². The molecule has 1 aromatic heterocycles. The van der Waals surface area contributed by atoms with Crippen molar-refractivity contribution in [3.05, 3.63) is 28.0 Å². The molecule has 0 saturated carbocycles. The number of hydrogen-bond acceptors (Lipinski definition) is 4. The van der Waals surface area contributed by atoms with Gasteiger partial charge in [0, 0.05) is 26.4 Å². The summed E-state index contributed by atoms with van der Waals surface area (Å²) < 4.78 is 5.06. The number of ether oxygens (including phenoxy) is 1. The van der Waals surface area contributed by atoms with Crippen molar-refractivity contribution in [2.45, 2.75) is 6.42 Å². The zero-order valence-corrected chi connectivity index (χ0v) is 14.1. The Morgan fingerprint density at radius 3 is 2.62 bits per heavy atom. The van der Waals surface area contributed by atoms with Crippen LogP contribution in [0.1, 0.15) is 16.8 Å². The van der Waals surface area contributed by atoms with Crippen molar-refractivity contribution in [1.82, 2.24) is 14.8 Å². The fraction of sp³-hybridized carbons (Fsp3) is 0.571. The first-order chi connectivity index (χ1) is 9.95. The summed E-state index contributed by atoms with van der Waals surface area (Å²) in [6, 6.07) is 1.50. The molecule has 0 N–H and O–H groups in total. The van der Waals surface area contributed by atoms with Crippen LogP contribution < -0.4 is 0 Å². The van der Waals surface area contributed by atoms with E-state index in [0.29, 0.717) is 30.3 Å². The van der Waals surface area contributed by atoms with Gasteiger partial charge in [-0.2, -0.15) is 0 Å². The van der Waals surface area contributed by atoms with Crippen LogP contribution in [-0.2, 0) is 4.74 Å². The van der Waals surface area contributed by atoms with E-state index in [1.807, 2.05) is 14.1 Å². The van der Waals surface area contributed by atoms with E-state index < -0.39 is 0 Å². The van der Waals surface area contributed by atoms with Gasteiger partial charge < -0.3 is 14.5 Å². The predicted octanol–water partition coefficient (Wildman–Crippen LogP) is 2.43. The van der Waals surface area contributed by atoms with Crippen LogP contribution in [0, 0.1) is 0 Å². The van der Waals surface area contributed by atoms with E-state index in [1.165, 1.54) is 12.3 Å². The predicted molar refractivity (Wildman–Crippen MR) is 85.2 cm³/mol. The normalized spacial score (nSPS) is 11.0. The van der Waals surface area contributed by atoms with Gasteiger partial charge in [0.05, 0.1) is 17.2 Å². The van der Waals surface area contributed by atoms with Crippen molar-refractivity contribution >= 4 is 29.1 Å². The average Bonchev–Trinajstić information content (AvgIpc) is 2.44. The van der Waals surface area contributed by atoms with Crippen LogP contribution in [0.3, 0.4) is 0 Å². The minimum Gasteiger partial charge on any atom is -0.383 e. The minimum atomic E-state index is -0.153. The van der Waals surface area contributed by atoms with Crippen molar-refractivity contribution in [1.29, 1.82) is 0 Å². The summed E-state index contributed by atoms with van der Waals surface area (Å²) in [5, 5.41) is 0.558. The van der Waals surface area contributed by atoms with Crippen molar-refractivity contribution in [2.24, 2.45) is 0 Å². The molecule has 5 nitrogen and oxygen atoms in total. The van der Waals surface area contributed by atoms with Crippen LogP contribution in [0.25, 0.3) is 0 Å². The molecule has 0 aliphatic rings. The zero-order chi connectivity index (χ0) is 15.8. The monoisotopic (exact) mass is 333 g/mol. The number of methoxy groups -OCH3 is 1. The van der Waals surface area contributed by atoms with Gasteiger partial charge in [-0.1, -0.05) is 23.2 Å². The molecule has 0 atom stereocenters. The second kappa shape index (κ2) is 9.20. The molecule has 1 heterocycles. The molecule has 0 aromatic carbocycles. The molecule has 0 saturated heterocycles. The SMILES string of the molecule is COCCN(CCCN(C)C)C(=O)c1cc(Cl)ncc1Cl. The third kappa shape index (κ3) is 6.18. The number of carbonyl (C=O) groups excluding carboxylic acids is 1. The van der Waals surface area contributed by atoms with Gasteiger partial charge in [-0.05, 0) is 33.1 Å². The van der Waals surface area contributed by atoms with Gasteiger partial charge in [0.15, 0.2) is 0 Å². The Hall–Kier alpha value is -0.880. The minimum absolute atomic E-state index is 0.153. The van der Waals surface area contributed by atoms with Crippen molar-refractivity contribution < 1.29 is 9.53 Å². The van der Waals surface area contributed by atoms with E-state index in [9.17, 15) is 4.79 Å². The lowest BCUT2D eigenvalue weighted by molar-refractivity contribution is 0.0689. The third-order valence-electron chi connectivity index (χ3n) is 2.94. The molecule has 118 valence electrons. The molecule has 0 aliphatic heterocycles. The average molecular weight is 334 g/mol. The molecule has 0 fully saturated rings. The Morgan fingerprint density at radius 1 is 1.29 bits per heavy atom. The fourth-order valence-corrected chi connectivity index (χ4v) is 2.18. The molecule has 21 heavy (non-hydrogen) atoms. The zero-order valence-electron chi connectivity index (χ0n) is 12.6. The van der Waals surface area contributed by atoms with Gasteiger partial charge in [-0.3, -0.25) is 4.79 Å². The second-order valence-electron chi connectivity index (χ2n) is 4.93. The smallest absolute Gasteiger partial charge is 0.255 e. The highest BCUT2D eigenvalue weighted by Crippen LogP contribution is 2.20. The topological polar surface area (TPSA) is 45.7 Å². The number of aromatic nitrogens is 1. The van der Waals surface area contributed by atoms with Crippen LogP contribution in [0.2, 0.25) is 10.2 Å². The van der Waals surface area contributed by atoms with Crippen LogP contribution in [-0.4, -0.2) is 68.1 Å². The lowest BCUT2D eigenvalue weighted by Gasteiger charge is -2.23. The quantitative estimate of drug-likeness (QED) is 0.685. The molecule has 1 rings (SSSR count). The highest BCUT2D eigenvalue weighted by Gasteiger charge is 2.19. The number of rotatable bonds is 8. The highest BCUT2D eigenvalue weighted by molar-refractivity contribution is 6.35. The number of halogens is 2. The van der Waals surface area contributed by atoms with Gasteiger partial charge in [0.2, 0.25) is 0 Å². The number of pyridine rings is 1. The molecular formula is C14H21Cl2N3O2. The van der Waals surface area contributed by atoms with Gasteiger partial charge >= 0.3 is 0 Å². The maximum atomic E-state index is 12.6. The molecule has 0 spiro atoms. The largest absolute Gasteiger partial charge is 0.383 e. The first-order valence-corrected chi connectivity index (χ1v) is 7.45. The van der Waals surface area contributed by atoms with Crippen molar-refractivity contribution in [2.75, 3.05) is 47.4 Å². The van der Waals surface area contributed by atoms with E-state index >= 15 is 0 Å². The van der Waals surface area contributed by atoms with E-state index in [0.717, 1.165) is 13.0 Å². The Bertz CT molecular complexity index is 470. The Labute approximate surface area is 135 Å². The van der Waals surface area contributed by atoms with Crippen LogP contribution in [0.4, 0.5) is 0 Å². The molecular weight excluding hydrogens is 313 g/mol. The standard InChI is InChI=1S/C14H21Cl2N3O2/c1-18(2)5-4-6-19(7-8-21-3)14(20)11-9-13(16)17-10-12(11)15/h9-10H,4-8H2,1-3H3. The number of nitrogens with zero attached hydrogens (tertiary/aromatic N) is 3. The fourth-order valence-electron chi connectivity index (χ4n) is 1.84. The van der Waals surface area contributed by atoms with E-state index in [-0.39, 0.29) is 11.1 Å². The van der Waals surface area contributed by atoms with E-state index in [1.54, 1.807) is 12.0 Å². The van der Waals surface area contributed by atoms with Crippen molar-refractivity contribution in [3.63, 3.8) is 0 Å². The third-order valence-corrected chi connectivity index (χ3v) is 3.45. The molecule has 0 radical (unpaired) electrons. The van der Waals surface area contributed by atoms with Crippen LogP contribution in [0.5, 0.6) is 0 Å². The van der Waals surface area contributed by atoms with Gasteiger partial charge in [-0.25, -0.2) is 4.98 Å². The molecule has 1 aromatic rings. The van der Waals surface area contributed by atoms with Crippen LogP contribution in [0.15, 0.2) is 12.3 Å². The van der Waals surface area contributed by atoms with E-state index in [2.05, 4.69) is 9.88 Å². The summed E-state index contributed by atoms with van der Waals surface area (Å²) in [6.07, 6.45) is 2.27. The summed E-state index contributed by atoms with van der Waals surface area (Å²) >= 11 is 11.9. The summed E-state index contributed by atoms with van der Waals surface area (Å²) in [7, 11) is 5.61. The van der Waals surface area contributed by atoms with Crippen molar-refractivity contribution in [3.8, 4) is 0 Å². The summed E-state index contributed by atoms with van der Waals surface area (Å²) in [5.74, 6) is -0.153.